The summed E-state index contributed by atoms with van der Waals surface area (Å²) in [5.74, 6) is -0.573. The van der Waals surface area contributed by atoms with Crippen LogP contribution in [0.2, 0.25) is 0 Å². The zero-order valence-electron chi connectivity index (χ0n) is 11.9. The molecule has 0 fully saturated rings. The van der Waals surface area contributed by atoms with E-state index in [1.807, 2.05) is 0 Å². The smallest absolute Gasteiger partial charge is 0.281 e. The van der Waals surface area contributed by atoms with Gasteiger partial charge < -0.3 is 0 Å². The number of carbonyl (C=O) groups excluding carboxylic acids is 1. The number of rotatable bonds is 6. The predicted molar refractivity (Wildman–Crippen MR) is 82.5 cm³/mol. The van der Waals surface area contributed by atoms with Crippen LogP contribution in [0.5, 0.6) is 0 Å². The highest BCUT2D eigenvalue weighted by atomic mass is 35.5. The summed E-state index contributed by atoms with van der Waals surface area (Å²) in [6, 6.07) is 3.83. The average Bonchev–Trinajstić information content (AvgIpc) is 2.99. The van der Waals surface area contributed by atoms with Gasteiger partial charge in [0.25, 0.3) is 0 Å². The van der Waals surface area contributed by atoms with E-state index in [1.54, 1.807) is 11.4 Å². The number of halogens is 4. The van der Waals surface area contributed by atoms with Gasteiger partial charge in [0.2, 0.25) is 20.2 Å². The number of hydrogen-bond acceptors (Lipinski definition) is 6. The van der Waals surface area contributed by atoms with Crippen molar-refractivity contribution in [2.75, 3.05) is 5.75 Å². The van der Waals surface area contributed by atoms with Crippen molar-refractivity contribution in [3.63, 3.8) is 0 Å². The Labute approximate surface area is 144 Å². The normalized spacial score (nSPS) is 12.3. The summed E-state index contributed by atoms with van der Waals surface area (Å²) < 4.78 is 63.3. The molecule has 0 atom stereocenters. The van der Waals surface area contributed by atoms with Crippen LogP contribution >= 0.6 is 22.9 Å². The topological polar surface area (TPSA) is 77.0 Å². The first-order chi connectivity index (χ1) is 11.1. The molecule has 0 saturated heterocycles. The Hall–Kier alpha value is -1.52. The zero-order valence-corrected chi connectivity index (χ0v) is 14.3. The summed E-state index contributed by atoms with van der Waals surface area (Å²) in [7, 11) is -4.18. The number of alkyl halides is 3. The highest BCUT2D eigenvalue weighted by molar-refractivity contribution is 7.91. The lowest BCUT2D eigenvalue weighted by Gasteiger charge is -2.10. The fourth-order valence-electron chi connectivity index (χ4n) is 1.75. The molecule has 0 aromatic carbocycles. The molecular formula is C13H10ClF3N2O3S2. The van der Waals surface area contributed by atoms with Crippen LogP contribution in [-0.4, -0.2) is 29.4 Å². The first kappa shape index (κ1) is 18.8. The van der Waals surface area contributed by atoms with Gasteiger partial charge in [0, 0.05) is 6.42 Å². The van der Waals surface area contributed by atoms with E-state index in [-0.39, 0.29) is 18.5 Å². The van der Waals surface area contributed by atoms with E-state index in [2.05, 4.69) is 9.97 Å². The molecule has 0 aliphatic rings. The maximum atomic E-state index is 13.0. The second-order valence-corrected chi connectivity index (χ2v) is 8.05. The molecule has 0 aliphatic heterocycles. The molecule has 2 aromatic rings. The lowest BCUT2D eigenvalue weighted by Crippen LogP contribution is -2.17. The maximum Gasteiger partial charge on any atom is 0.433 e. The van der Waals surface area contributed by atoms with Gasteiger partial charge in [-0.15, -0.1) is 11.3 Å². The molecule has 0 N–H and O–H groups in total. The average molecular weight is 399 g/mol. The molecule has 0 radical (unpaired) electrons. The number of aromatic nitrogens is 2. The van der Waals surface area contributed by atoms with E-state index >= 15 is 0 Å². The SMILES string of the molecule is O=C(Cl)CCCS(=O)(=O)c1nc(-c2cccs2)cc(C(F)(F)F)n1. The molecule has 11 heteroatoms. The van der Waals surface area contributed by atoms with Gasteiger partial charge in [-0.3, -0.25) is 4.79 Å². The van der Waals surface area contributed by atoms with Crippen molar-refractivity contribution in [3.8, 4) is 10.6 Å². The van der Waals surface area contributed by atoms with Crippen molar-refractivity contribution < 1.29 is 26.4 Å². The van der Waals surface area contributed by atoms with Crippen molar-refractivity contribution in [2.24, 2.45) is 0 Å². The summed E-state index contributed by atoms with van der Waals surface area (Å²) in [5, 5.41) is -0.0116. The van der Waals surface area contributed by atoms with Gasteiger partial charge in [-0.2, -0.15) is 13.2 Å². The van der Waals surface area contributed by atoms with E-state index in [1.165, 1.54) is 6.07 Å². The minimum Gasteiger partial charge on any atom is -0.281 e. The van der Waals surface area contributed by atoms with Gasteiger partial charge in [-0.1, -0.05) is 6.07 Å². The lowest BCUT2D eigenvalue weighted by molar-refractivity contribution is -0.141. The molecule has 5 nitrogen and oxygen atoms in total. The summed E-state index contributed by atoms with van der Waals surface area (Å²) in [5.41, 5.74) is -1.47. The molecule has 2 rings (SSSR count). The Balaban J connectivity index is 2.45. The highest BCUT2D eigenvalue weighted by Crippen LogP contribution is 2.32. The molecule has 0 amide bonds. The van der Waals surface area contributed by atoms with E-state index in [0.717, 1.165) is 11.3 Å². The van der Waals surface area contributed by atoms with E-state index in [0.29, 0.717) is 10.9 Å². The van der Waals surface area contributed by atoms with Crippen LogP contribution in [0.3, 0.4) is 0 Å². The molecule has 0 bridgehead atoms. The van der Waals surface area contributed by atoms with Gasteiger partial charge in [-0.05, 0) is 35.5 Å². The first-order valence-corrected chi connectivity index (χ1v) is 9.42. The fourth-order valence-corrected chi connectivity index (χ4v) is 3.75. The van der Waals surface area contributed by atoms with E-state index in [4.69, 9.17) is 11.6 Å². The van der Waals surface area contributed by atoms with Crippen molar-refractivity contribution >= 4 is 38.0 Å². The zero-order chi connectivity index (χ0) is 18.0. The third-order valence-corrected chi connectivity index (χ3v) is 5.48. The van der Waals surface area contributed by atoms with Gasteiger partial charge in [0.05, 0.1) is 16.3 Å². The number of sulfone groups is 1. The van der Waals surface area contributed by atoms with Gasteiger partial charge in [0.1, 0.15) is 5.69 Å². The van der Waals surface area contributed by atoms with Crippen molar-refractivity contribution in [1.82, 2.24) is 9.97 Å². The fraction of sp³-hybridized carbons (Fsp3) is 0.308. The van der Waals surface area contributed by atoms with Crippen LogP contribution in [0.15, 0.2) is 28.7 Å². The maximum absolute atomic E-state index is 13.0. The number of hydrogen-bond donors (Lipinski definition) is 0. The van der Waals surface area contributed by atoms with Crippen LogP contribution in [-0.2, 0) is 20.8 Å². The van der Waals surface area contributed by atoms with Crippen molar-refractivity contribution in [1.29, 1.82) is 0 Å². The summed E-state index contributed by atoms with van der Waals surface area (Å²) in [4.78, 5) is 17.9. The third-order valence-electron chi connectivity index (χ3n) is 2.83. The lowest BCUT2D eigenvalue weighted by atomic mass is 10.3. The van der Waals surface area contributed by atoms with Crippen molar-refractivity contribution in [2.45, 2.75) is 24.2 Å². The molecule has 0 aliphatic carbocycles. The predicted octanol–water partition coefficient (Wildman–Crippen LogP) is 3.54. The Morgan fingerprint density at radius 2 is 2.00 bits per heavy atom. The molecule has 0 saturated carbocycles. The number of thiophene rings is 1. The van der Waals surface area contributed by atoms with Gasteiger partial charge in [-0.25, -0.2) is 18.4 Å². The van der Waals surface area contributed by atoms with Gasteiger partial charge >= 0.3 is 6.18 Å². The monoisotopic (exact) mass is 398 g/mol. The molecule has 0 spiro atoms. The summed E-state index contributed by atoms with van der Waals surface area (Å²) >= 11 is 6.24. The molecule has 24 heavy (non-hydrogen) atoms. The third kappa shape index (κ3) is 4.74. The number of carbonyl (C=O) groups is 1. The van der Waals surface area contributed by atoms with Crippen LogP contribution in [0, 0.1) is 0 Å². The summed E-state index contributed by atoms with van der Waals surface area (Å²) in [6.45, 7) is 0. The van der Waals surface area contributed by atoms with Crippen LogP contribution in [0.25, 0.3) is 10.6 Å². The minimum absolute atomic E-state index is 0.126. The Kier molecular flexibility index (Phi) is 5.61. The molecule has 2 aromatic heterocycles. The molecule has 130 valence electrons. The van der Waals surface area contributed by atoms with Crippen LogP contribution in [0.4, 0.5) is 13.2 Å². The van der Waals surface area contributed by atoms with Gasteiger partial charge in [0.15, 0.2) is 0 Å². The molecule has 0 unspecified atom stereocenters. The van der Waals surface area contributed by atoms with Crippen molar-refractivity contribution in [3.05, 3.63) is 29.3 Å². The summed E-state index contributed by atoms with van der Waals surface area (Å²) in [6.07, 6.45) is -5.15. The highest BCUT2D eigenvalue weighted by Gasteiger charge is 2.35. The Morgan fingerprint density at radius 1 is 1.29 bits per heavy atom. The van der Waals surface area contributed by atoms with Crippen LogP contribution < -0.4 is 0 Å². The Morgan fingerprint density at radius 3 is 2.54 bits per heavy atom. The standard InChI is InChI=1S/C13H10ClF3N2O3S2/c14-11(20)4-2-6-24(21,22)12-18-8(9-3-1-5-23-9)7-10(19-12)13(15,16)17/h1,3,5,7H,2,4,6H2. The first-order valence-electron chi connectivity index (χ1n) is 6.51. The van der Waals surface area contributed by atoms with E-state index < -0.39 is 37.9 Å². The minimum atomic E-state index is -4.81. The number of nitrogens with zero attached hydrogens (tertiary/aromatic N) is 2. The second kappa shape index (κ2) is 7.16. The molecule has 2 heterocycles. The second-order valence-electron chi connectivity index (χ2n) is 4.67. The van der Waals surface area contributed by atoms with E-state index in [9.17, 15) is 26.4 Å². The van der Waals surface area contributed by atoms with Crippen LogP contribution in [0.1, 0.15) is 18.5 Å². The largest absolute Gasteiger partial charge is 0.433 e. The Bertz CT molecular complexity index is 837. The quantitative estimate of drug-likeness (QED) is 0.549. The molecular weight excluding hydrogens is 389 g/mol.